The highest BCUT2D eigenvalue weighted by molar-refractivity contribution is 7.92. The Kier molecular flexibility index (Phi) is 9.76. The maximum atomic E-state index is 13.5. The Labute approximate surface area is 206 Å². The van der Waals surface area contributed by atoms with Crippen LogP contribution >= 0.6 is 11.6 Å². The van der Waals surface area contributed by atoms with Crippen molar-refractivity contribution in [2.24, 2.45) is 5.92 Å². The third-order valence-corrected chi connectivity index (χ3v) is 6.61. The van der Waals surface area contributed by atoms with Gasteiger partial charge in [0, 0.05) is 13.1 Å². The first-order valence-corrected chi connectivity index (χ1v) is 13.1. The highest BCUT2D eigenvalue weighted by atomic mass is 35.5. The van der Waals surface area contributed by atoms with Crippen LogP contribution in [0.1, 0.15) is 26.3 Å². The quantitative estimate of drug-likeness (QED) is 0.501. The molecule has 186 valence electrons. The predicted molar refractivity (Wildman–Crippen MR) is 134 cm³/mol. The van der Waals surface area contributed by atoms with Crippen LogP contribution in [0.4, 0.5) is 5.69 Å². The van der Waals surface area contributed by atoms with Gasteiger partial charge >= 0.3 is 0 Å². The molecule has 0 aliphatic rings. The number of carbonyl (C=O) groups is 2. The number of hydrogen-bond acceptors (Lipinski definition) is 5. The molecule has 0 aliphatic carbocycles. The lowest BCUT2D eigenvalue weighted by atomic mass is 10.1. The van der Waals surface area contributed by atoms with E-state index in [9.17, 15) is 18.0 Å². The fourth-order valence-corrected chi connectivity index (χ4v) is 4.36. The topological polar surface area (TPSA) is 96.0 Å². The number of benzene rings is 2. The molecule has 8 nitrogen and oxygen atoms in total. The molecule has 2 amide bonds. The minimum absolute atomic E-state index is 0.110. The van der Waals surface area contributed by atoms with Crippen molar-refractivity contribution >= 4 is 39.1 Å². The molecule has 1 atom stereocenters. The van der Waals surface area contributed by atoms with Crippen molar-refractivity contribution in [2.75, 3.05) is 30.8 Å². The summed E-state index contributed by atoms with van der Waals surface area (Å²) in [5, 5.41) is 3.04. The first-order valence-electron chi connectivity index (χ1n) is 10.9. The standard InChI is InChI=1S/C24H32ClN3O5S/c1-17(2)14-26-24(30)18(3)27(15-19-10-12-20(33-4)13-11-19)23(29)16-28(34(5,31)32)22-9-7-6-8-21(22)25/h6-13,17-18H,14-16H2,1-5H3,(H,26,30). The van der Waals surface area contributed by atoms with Gasteiger partial charge in [-0.2, -0.15) is 0 Å². The lowest BCUT2D eigenvalue weighted by molar-refractivity contribution is -0.139. The highest BCUT2D eigenvalue weighted by Gasteiger charge is 2.30. The van der Waals surface area contributed by atoms with Crippen LogP contribution in [-0.2, 0) is 26.2 Å². The van der Waals surface area contributed by atoms with Gasteiger partial charge in [0.1, 0.15) is 18.3 Å². The zero-order valence-corrected chi connectivity index (χ0v) is 21.7. The third-order valence-electron chi connectivity index (χ3n) is 5.16. The summed E-state index contributed by atoms with van der Waals surface area (Å²) in [7, 11) is -2.28. The minimum atomic E-state index is -3.83. The second kappa shape index (κ2) is 12.1. The highest BCUT2D eigenvalue weighted by Crippen LogP contribution is 2.27. The molecule has 10 heteroatoms. The summed E-state index contributed by atoms with van der Waals surface area (Å²) in [6.07, 6.45) is 1.01. The van der Waals surface area contributed by atoms with Gasteiger partial charge in [-0.25, -0.2) is 8.42 Å². The molecule has 2 aromatic carbocycles. The van der Waals surface area contributed by atoms with Gasteiger partial charge in [-0.3, -0.25) is 13.9 Å². The van der Waals surface area contributed by atoms with E-state index < -0.39 is 28.5 Å². The van der Waals surface area contributed by atoms with Gasteiger partial charge in [-0.05, 0) is 42.7 Å². The van der Waals surface area contributed by atoms with E-state index in [0.717, 1.165) is 16.1 Å². The third kappa shape index (κ3) is 7.63. The Balaban J connectivity index is 2.37. The number of amides is 2. The molecule has 2 rings (SSSR count). The SMILES string of the molecule is COc1ccc(CN(C(=O)CN(c2ccccc2Cl)S(C)(=O)=O)C(C)C(=O)NCC(C)C)cc1. The van der Waals surface area contributed by atoms with Crippen LogP contribution in [-0.4, -0.2) is 57.6 Å². The number of methoxy groups -OCH3 is 1. The number of rotatable bonds is 11. The predicted octanol–water partition coefficient (Wildman–Crippen LogP) is 3.30. The molecule has 0 fully saturated rings. The molecule has 0 saturated carbocycles. The Morgan fingerprint density at radius 1 is 1.06 bits per heavy atom. The second-order valence-electron chi connectivity index (χ2n) is 8.41. The average molecular weight is 510 g/mol. The molecule has 1 N–H and O–H groups in total. The van der Waals surface area contributed by atoms with E-state index in [-0.39, 0.29) is 29.1 Å². The van der Waals surface area contributed by atoms with E-state index in [1.165, 1.54) is 11.0 Å². The van der Waals surface area contributed by atoms with Crippen molar-refractivity contribution in [3.05, 3.63) is 59.1 Å². The van der Waals surface area contributed by atoms with Crippen molar-refractivity contribution in [3.63, 3.8) is 0 Å². The average Bonchev–Trinajstić information content (AvgIpc) is 2.79. The summed E-state index contributed by atoms with van der Waals surface area (Å²) in [5.74, 6) is 0.0433. The zero-order chi connectivity index (χ0) is 25.5. The maximum Gasteiger partial charge on any atom is 0.244 e. The van der Waals surface area contributed by atoms with Crippen LogP contribution < -0.4 is 14.4 Å². The molecule has 0 saturated heterocycles. The number of halogens is 1. The summed E-state index contributed by atoms with van der Waals surface area (Å²) >= 11 is 6.22. The Morgan fingerprint density at radius 3 is 2.21 bits per heavy atom. The monoisotopic (exact) mass is 509 g/mol. The molecule has 1 unspecified atom stereocenters. The van der Waals surface area contributed by atoms with E-state index >= 15 is 0 Å². The second-order valence-corrected chi connectivity index (χ2v) is 10.7. The van der Waals surface area contributed by atoms with E-state index in [1.54, 1.807) is 56.5 Å². The number of hydrogen-bond donors (Lipinski definition) is 1. The van der Waals surface area contributed by atoms with Crippen molar-refractivity contribution in [3.8, 4) is 5.75 Å². The molecule has 0 heterocycles. The fraction of sp³-hybridized carbons (Fsp3) is 0.417. The first kappa shape index (κ1) is 27.5. The Hall–Kier alpha value is -2.78. The van der Waals surface area contributed by atoms with Gasteiger partial charge in [0.15, 0.2) is 0 Å². The largest absolute Gasteiger partial charge is 0.497 e. The number of ether oxygens (including phenoxy) is 1. The smallest absolute Gasteiger partial charge is 0.244 e. The van der Waals surface area contributed by atoms with Crippen LogP contribution in [0, 0.1) is 5.92 Å². The Bertz CT molecular complexity index is 1090. The molecule has 34 heavy (non-hydrogen) atoms. The molecular formula is C24H32ClN3O5S. The van der Waals surface area contributed by atoms with E-state index in [1.807, 2.05) is 13.8 Å². The van der Waals surface area contributed by atoms with Crippen molar-refractivity contribution in [1.29, 1.82) is 0 Å². The molecular weight excluding hydrogens is 478 g/mol. The van der Waals surface area contributed by atoms with Gasteiger partial charge in [0.2, 0.25) is 21.8 Å². The van der Waals surface area contributed by atoms with Gasteiger partial charge in [0.25, 0.3) is 0 Å². The molecule has 0 bridgehead atoms. The lowest BCUT2D eigenvalue weighted by Crippen LogP contribution is -2.51. The molecule has 0 aliphatic heterocycles. The Morgan fingerprint density at radius 2 is 1.68 bits per heavy atom. The number of anilines is 1. The molecule has 0 aromatic heterocycles. The first-order chi connectivity index (χ1) is 15.9. The normalized spacial score (nSPS) is 12.2. The van der Waals surface area contributed by atoms with E-state index in [2.05, 4.69) is 5.32 Å². The lowest BCUT2D eigenvalue weighted by Gasteiger charge is -2.31. The number of para-hydroxylation sites is 1. The summed E-state index contributed by atoms with van der Waals surface area (Å²) in [4.78, 5) is 27.6. The summed E-state index contributed by atoms with van der Waals surface area (Å²) in [5.41, 5.74) is 0.961. The van der Waals surface area contributed by atoms with Crippen LogP contribution in [0.3, 0.4) is 0 Å². The van der Waals surface area contributed by atoms with Gasteiger partial charge in [-0.1, -0.05) is 49.7 Å². The number of nitrogens with one attached hydrogen (secondary N) is 1. The van der Waals surface area contributed by atoms with Crippen molar-refractivity contribution in [2.45, 2.75) is 33.4 Å². The zero-order valence-electron chi connectivity index (χ0n) is 20.1. The van der Waals surface area contributed by atoms with Crippen LogP contribution in [0.25, 0.3) is 0 Å². The van der Waals surface area contributed by atoms with Crippen molar-refractivity contribution in [1.82, 2.24) is 10.2 Å². The minimum Gasteiger partial charge on any atom is -0.497 e. The van der Waals surface area contributed by atoms with Gasteiger partial charge in [0.05, 0.1) is 24.1 Å². The summed E-state index contributed by atoms with van der Waals surface area (Å²) < 4.78 is 31.2. The summed E-state index contributed by atoms with van der Waals surface area (Å²) in [6, 6.07) is 12.7. The molecule has 2 aromatic rings. The van der Waals surface area contributed by atoms with Crippen LogP contribution in [0.15, 0.2) is 48.5 Å². The summed E-state index contributed by atoms with van der Waals surface area (Å²) in [6.45, 7) is 5.64. The van der Waals surface area contributed by atoms with Gasteiger partial charge in [-0.15, -0.1) is 0 Å². The van der Waals surface area contributed by atoms with Crippen molar-refractivity contribution < 1.29 is 22.7 Å². The number of sulfonamides is 1. The van der Waals surface area contributed by atoms with Crippen LogP contribution in [0.5, 0.6) is 5.75 Å². The van der Waals surface area contributed by atoms with Gasteiger partial charge < -0.3 is 15.0 Å². The molecule has 0 radical (unpaired) electrons. The number of carbonyl (C=O) groups excluding carboxylic acids is 2. The van der Waals surface area contributed by atoms with E-state index in [0.29, 0.717) is 12.3 Å². The fourth-order valence-electron chi connectivity index (χ4n) is 3.21. The van der Waals surface area contributed by atoms with E-state index in [4.69, 9.17) is 16.3 Å². The number of nitrogens with zero attached hydrogens (tertiary/aromatic N) is 2. The maximum absolute atomic E-state index is 13.5. The molecule has 0 spiro atoms. The van der Waals surface area contributed by atoms with Crippen LogP contribution in [0.2, 0.25) is 5.02 Å².